The molecule has 24 heavy (non-hydrogen) atoms. The Morgan fingerprint density at radius 1 is 0.583 bits per heavy atom. The molecule has 0 aliphatic carbocycles. The summed E-state index contributed by atoms with van der Waals surface area (Å²) < 4.78 is 0. The first-order chi connectivity index (χ1) is 11.6. The predicted molar refractivity (Wildman–Crippen MR) is 100 cm³/mol. The fraction of sp³-hybridized carbons (Fsp3) is 0.217. The molecule has 0 heterocycles. The van der Waals surface area contributed by atoms with Gasteiger partial charge < -0.3 is 5.11 Å². The molecule has 0 spiro atoms. The van der Waals surface area contributed by atoms with Gasteiger partial charge in [0.2, 0.25) is 0 Å². The van der Waals surface area contributed by atoms with Gasteiger partial charge in [0.1, 0.15) is 0 Å². The average Bonchev–Trinajstić information content (AvgIpc) is 2.68. The van der Waals surface area contributed by atoms with E-state index in [4.69, 9.17) is 0 Å². The Bertz CT molecular complexity index is 725. The number of rotatable bonds is 5. The van der Waals surface area contributed by atoms with Gasteiger partial charge in [0.15, 0.2) is 0 Å². The van der Waals surface area contributed by atoms with Gasteiger partial charge in [-0.15, -0.1) is 0 Å². The van der Waals surface area contributed by atoms with E-state index in [0.717, 1.165) is 5.56 Å². The highest BCUT2D eigenvalue weighted by molar-refractivity contribution is 5.47. The molecule has 3 rings (SSSR count). The van der Waals surface area contributed by atoms with E-state index in [1.54, 1.807) is 0 Å². The Morgan fingerprint density at radius 2 is 0.917 bits per heavy atom. The van der Waals surface area contributed by atoms with Crippen LogP contribution >= 0.6 is 0 Å². The van der Waals surface area contributed by atoms with Gasteiger partial charge >= 0.3 is 0 Å². The fourth-order valence-electron chi connectivity index (χ4n) is 3.69. The molecule has 1 nitrogen and oxygen atoms in total. The van der Waals surface area contributed by atoms with Gasteiger partial charge in [-0.25, -0.2) is 0 Å². The molecule has 0 fully saturated rings. The zero-order valence-corrected chi connectivity index (χ0v) is 14.3. The molecule has 122 valence electrons. The first-order valence-corrected chi connectivity index (χ1v) is 8.40. The second-order valence-corrected chi connectivity index (χ2v) is 6.71. The third kappa shape index (κ3) is 2.55. The first-order valence-electron chi connectivity index (χ1n) is 8.40. The lowest BCUT2D eigenvalue weighted by molar-refractivity contribution is 0.151. The Hall–Kier alpha value is -2.38. The first kappa shape index (κ1) is 16.5. The van der Waals surface area contributed by atoms with Crippen molar-refractivity contribution in [1.82, 2.24) is 0 Å². The van der Waals surface area contributed by atoms with Crippen LogP contribution in [0.1, 0.15) is 30.5 Å². The minimum atomic E-state index is -0.447. The van der Waals surface area contributed by atoms with E-state index in [9.17, 15) is 5.11 Å². The van der Waals surface area contributed by atoms with E-state index in [2.05, 4.69) is 74.5 Å². The normalized spacial score (nSPS) is 14.1. The molecule has 3 aromatic rings. The lowest BCUT2D eigenvalue weighted by Crippen LogP contribution is -2.48. The molecule has 0 saturated carbocycles. The van der Waals surface area contributed by atoms with E-state index >= 15 is 0 Å². The van der Waals surface area contributed by atoms with Crippen LogP contribution in [0.2, 0.25) is 0 Å². The number of benzene rings is 3. The SMILES string of the molecule is CC(CO)(c1ccccc1)C(C)(c1ccccc1)c1ccccc1. The summed E-state index contributed by atoms with van der Waals surface area (Å²) in [7, 11) is 0. The van der Waals surface area contributed by atoms with Gasteiger partial charge in [0.25, 0.3) is 0 Å². The largest absolute Gasteiger partial charge is 0.395 e. The van der Waals surface area contributed by atoms with Crippen molar-refractivity contribution in [1.29, 1.82) is 0 Å². The monoisotopic (exact) mass is 316 g/mol. The highest BCUT2D eigenvalue weighted by atomic mass is 16.3. The maximum atomic E-state index is 10.5. The maximum Gasteiger partial charge on any atom is 0.0537 e. The highest BCUT2D eigenvalue weighted by Gasteiger charge is 2.47. The maximum absolute atomic E-state index is 10.5. The van der Waals surface area contributed by atoms with Crippen LogP contribution in [0.4, 0.5) is 0 Å². The predicted octanol–water partition coefficient (Wildman–Crippen LogP) is 4.94. The summed E-state index contributed by atoms with van der Waals surface area (Å²) in [5, 5.41) is 10.5. The van der Waals surface area contributed by atoms with Gasteiger partial charge in [0.05, 0.1) is 6.61 Å². The summed E-state index contributed by atoms with van der Waals surface area (Å²) in [6, 6.07) is 31.3. The van der Waals surface area contributed by atoms with E-state index in [0.29, 0.717) is 0 Å². The smallest absolute Gasteiger partial charge is 0.0537 e. The van der Waals surface area contributed by atoms with E-state index in [1.807, 2.05) is 30.3 Å². The van der Waals surface area contributed by atoms with Crippen LogP contribution in [0.15, 0.2) is 91.0 Å². The molecule has 0 amide bonds. The van der Waals surface area contributed by atoms with Crippen molar-refractivity contribution in [3.05, 3.63) is 108 Å². The number of hydrogen-bond donors (Lipinski definition) is 1. The van der Waals surface area contributed by atoms with Crippen molar-refractivity contribution < 1.29 is 5.11 Å². The molecule has 0 aliphatic rings. The molecular formula is C23H24O. The van der Waals surface area contributed by atoms with E-state index < -0.39 is 5.41 Å². The third-order valence-electron chi connectivity index (χ3n) is 5.53. The quantitative estimate of drug-likeness (QED) is 0.706. The average molecular weight is 316 g/mol. The molecule has 1 N–H and O–H groups in total. The molecular weight excluding hydrogens is 292 g/mol. The van der Waals surface area contributed by atoms with Crippen LogP contribution < -0.4 is 0 Å². The molecule has 1 unspecified atom stereocenters. The number of aliphatic hydroxyl groups is 1. The number of hydrogen-bond acceptors (Lipinski definition) is 1. The summed E-state index contributed by atoms with van der Waals surface area (Å²) in [6.07, 6.45) is 0. The van der Waals surface area contributed by atoms with Crippen LogP contribution in [0.25, 0.3) is 0 Å². The zero-order chi connectivity index (χ0) is 17.0. The van der Waals surface area contributed by atoms with Crippen molar-refractivity contribution in [2.24, 2.45) is 0 Å². The molecule has 3 aromatic carbocycles. The summed E-state index contributed by atoms with van der Waals surface area (Å²) in [5.74, 6) is 0. The Balaban J connectivity index is 2.29. The minimum Gasteiger partial charge on any atom is -0.395 e. The topological polar surface area (TPSA) is 20.2 Å². The van der Waals surface area contributed by atoms with Crippen molar-refractivity contribution >= 4 is 0 Å². The van der Waals surface area contributed by atoms with Gasteiger partial charge in [-0.05, 0) is 16.7 Å². The van der Waals surface area contributed by atoms with Crippen molar-refractivity contribution in [3.8, 4) is 0 Å². The highest BCUT2D eigenvalue weighted by Crippen LogP contribution is 2.48. The lowest BCUT2D eigenvalue weighted by atomic mass is 9.56. The molecule has 1 heteroatoms. The van der Waals surface area contributed by atoms with Gasteiger partial charge in [-0.1, -0.05) is 105 Å². The second kappa shape index (κ2) is 6.62. The third-order valence-corrected chi connectivity index (χ3v) is 5.53. The van der Waals surface area contributed by atoms with Gasteiger partial charge in [0, 0.05) is 10.8 Å². The lowest BCUT2D eigenvalue weighted by Gasteiger charge is -2.47. The Kier molecular flexibility index (Phi) is 4.55. The molecule has 0 radical (unpaired) electrons. The standard InChI is InChI=1S/C23H24O/c1-22(18-24,19-12-6-3-7-13-19)23(2,20-14-8-4-9-15-20)21-16-10-5-11-17-21/h3-17,24H,18H2,1-2H3. The molecule has 0 saturated heterocycles. The van der Waals surface area contributed by atoms with Crippen LogP contribution in [0.5, 0.6) is 0 Å². The van der Waals surface area contributed by atoms with E-state index in [1.165, 1.54) is 11.1 Å². The van der Waals surface area contributed by atoms with Crippen LogP contribution in [0, 0.1) is 0 Å². The Labute approximate surface area is 144 Å². The van der Waals surface area contributed by atoms with Crippen LogP contribution in [-0.2, 0) is 10.8 Å². The van der Waals surface area contributed by atoms with Crippen molar-refractivity contribution in [2.45, 2.75) is 24.7 Å². The molecule has 0 bridgehead atoms. The summed E-state index contributed by atoms with van der Waals surface area (Å²) in [4.78, 5) is 0. The zero-order valence-electron chi connectivity index (χ0n) is 14.3. The van der Waals surface area contributed by atoms with Gasteiger partial charge in [-0.3, -0.25) is 0 Å². The summed E-state index contributed by atoms with van der Waals surface area (Å²) >= 11 is 0. The van der Waals surface area contributed by atoms with Crippen molar-refractivity contribution in [3.63, 3.8) is 0 Å². The van der Waals surface area contributed by atoms with Crippen molar-refractivity contribution in [2.75, 3.05) is 6.61 Å². The molecule has 0 aliphatic heterocycles. The van der Waals surface area contributed by atoms with E-state index in [-0.39, 0.29) is 12.0 Å². The Morgan fingerprint density at radius 3 is 1.25 bits per heavy atom. The van der Waals surface area contributed by atoms with Gasteiger partial charge in [-0.2, -0.15) is 0 Å². The number of aliphatic hydroxyl groups excluding tert-OH is 1. The molecule has 0 aromatic heterocycles. The fourth-order valence-corrected chi connectivity index (χ4v) is 3.69. The molecule has 1 atom stereocenters. The van der Waals surface area contributed by atoms with Crippen LogP contribution in [-0.4, -0.2) is 11.7 Å². The summed E-state index contributed by atoms with van der Waals surface area (Å²) in [5.41, 5.74) is 2.75. The second-order valence-electron chi connectivity index (χ2n) is 6.71. The minimum absolute atomic E-state index is 0.0668. The van der Waals surface area contributed by atoms with Crippen LogP contribution in [0.3, 0.4) is 0 Å². The summed E-state index contributed by atoms with van der Waals surface area (Å²) in [6.45, 7) is 4.46.